The van der Waals surface area contributed by atoms with Gasteiger partial charge in [-0.05, 0) is 38.1 Å². The lowest BCUT2D eigenvalue weighted by Crippen LogP contribution is -2.37. The molecule has 0 bridgehead atoms. The van der Waals surface area contributed by atoms with E-state index >= 15 is 0 Å². The molecule has 2 amide bonds. The Morgan fingerprint density at radius 2 is 1.72 bits per heavy atom. The fraction of sp³-hybridized carbons (Fsp3) is 0.300. The first-order chi connectivity index (χ1) is 12.0. The van der Waals surface area contributed by atoms with Crippen LogP contribution in [-0.2, 0) is 4.79 Å². The van der Waals surface area contributed by atoms with Gasteiger partial charge in [0.05, 0.1) is 0 Å². The molecule has 0 aromatic heterocycles. The summed E-state index contributed by atoms with van der Waals surface area (Å²) in [5, 5.41) is 5.74. The smallest absolute Gasteiger partial charge is 0.251 e. The molecule has 2 N–H and O–H groups in total. The second-order valence-corrected chi connectivity index (χ2v) is 7.12. The van der Waals surface area contributed by atoms with Crippen LogP contribution in [0.15, 0.2) is 59.5 Å². The van der Waals surface area contributed by atoms with Crippen molar-refractivity contribution in [3.63, 3.8) is 0 Å². The van der Waals surface area contributed by atoms with Crippen molar-refractivity contribution in [2.45, 2.75) is 31.2 Å². The first-order valence-electron chi connectivity index (χ1n) is 8.36. The normalized spacial score (nSPS) is 11.6. The number of carbonyl (C=O) groups excluding carboxylic acids is 2. The minimum atomic E-state index is -0.211. The average molecular weight is 356 g/mol. The molecule has 0 aliphatic carbocycles. The van der Waals surface area contributed by atoms with Gasteiger partial charge in [0.25, 0.3) is 5.91 Å². The Bertz CT molecular complexity index is 687. The molecule has 0 saturated carbocycles. The second kappa shape index (κ2) is 9.89. The van der Waals surface area contributed by atoms with E-state index in [0.717, 1.165) is 5.75 Å². The topological polar surface area (TPSA) is 58.2 Å². The van der Waals surface area contributed by atoms with E-state index in [-0.39, 0.29) is 24.3 Å². The monoisotopic (exact) mass is 356 g/mol. The van der Waals surface area contributed by atoms with Crippen LogP contribution < -0.4 is 10.6 Å². The van der Waals surface area contributed by atoms with Crippen LogP contribution in [0.2, 0.25) is 0 Å². The van der Waals surface area contributed by atoms with Crippen LogP contribution in [0.3, 0.4) is 0 Å². The molecule has 2 rings (SSSR count). The number of nitrogens with one attached hydrogen (secondary N) is 2. The standard InChI is InChI=1S/C20H24N2O2S/c1-15-8-10-18(11-9-15)25-13-12-21-19(23)14-16(2)22-20(24)17-6-4-3-5-7-17/h3-11,16H,12-14H2,1-2H3,(H,21,23)(H,22,24). The van der Waals surface area contributed by atoms with E-state index in [9.17, 15) is 9.59 Å². The van der Waals surface area contributed by atoms with Crippen LogP contribution in [0.1, 0.15) is 29.3 Å². The van der Waals surface area contributed by atoms with E-state index in [1.54, 1.807) is 23.9 Å². The molecule has 1 unspecified atom stereocenters. The minimum Gasteiger partial charge on any atom is -0.355 e. The van der Waals surface area contributed by atoms with E-state index in [1.165, 1.54) is 10.5 Å². The fourth-order valence-corrected chi connectivity index (χ4v) is 3.06. The molecule has 0 spiro atoms. The van der Waals surface area contributed by atoms with Crippen molar-refractivity contribution >= 4 is 23.6 Å². The van der Waals surface area contributed by atoms with Crippen LogP contribution >= 0.6 is 11.8 Å². The number of rotatable bonds is 8. The summed E-state index contributed by atoms with van der Waals surface area (Å²) in [6.45, 7) is 4.50. The van der Waals surface area contributed by atoms with Crippen molar-refractivity contribution in [1.82, 2.24) is 10.6 Å². The molecule has 0 aliphatic rings. The molecule has 0 radical (unpaired) electrons. The SMILES string of the molecule is Cc1ccc(SCCNC(=O)CC(C)NC(=O)c2ccccc2)cc1. The zero-order valence-corrected chi connectivity index (χ0v) is 15.4. The van der Waals surface area contributed by atoms with Crippen LogP contribution in [0.4, 0.5) is 0 Å². The van der Waals surface area contributed by atoms with Gasteiger partial charge in [-0.2, -0.15) is 0 Å². The summed E-state index contributed by atoms with van der Waals surface area (Å²) in [4.78, 5) is 25.2. The molecule has 5 heteroatoms. The third-order valence-corrected chi connectivity index (χ3v) is 4.63. The predicted octanol–water partition coefficient (Wildman–Crippen LogP) is 3.41. The minimum absolute atomic E-state index is 0.0506. The lowest BCUT2D eigenvalue weighted by Gasteiger charge is -2.14. The number of benzene rings is 2. The summed E-state index contributed by atoms with van der Waals surface area (Å²) in [6.07, 6.45) is 0.272. The molecule has 0 saturated heterocycles. The Balaban J connectivity index is 1.64. The number of hydrogen-bond acceptors (Lipinski definition) is 3. The molecule has 0 heterocycles. The third kappa shape index (κ3) is 7.01. The molecule has 2 aromatic carbocycles. The zero-order valence-electron chi connectivity index (χ0n) is 14.6. The zero-order chi connectivity index (χ0) is 18.1. The lowest BCUT2D eigenvalue weighted by atomic mass is 10.1. The van der Waals surface area contributed by atoms with E-state index in [1.807, 2.05) is 25.1 Å². The molecule has 0 aliphatic heterocycles. The highest BCUT2D eigenvalue weighted by molar-refractivity contribution is 7.99. The molecule has 2 aromatic rings. The Labute approximate surface area is 153 Å². The number of amides is 2. The first kappa shape index (κ1) is 19.1. The van der Waals surface area contributed by atoms with Crippen molar-refractivity contribution in [2.75, 3.05) is 12.3 Å². The van der Waals surface area contributed by atoms with Gasteiger partial charge in [-0.15, -0.1) is 11.8 Å². The lowest BCUT2D eigenvalue weighted by molar-refractivity contribution is -0.121. The Morgan fingerprint density at radius 3 is 2.40 bits per heavy atom. The second-order valence-electron chi connectivity index (χ2n) is 5.96. The summed E-state index contributed by atoms with van der Waals surface area (Å²) in [5.74, 6) is 0.612. The van der Waals surface area contributed by atoms with Crippen LogP contribution in [0.5, 0.6) is 0 Å². The van der Waals surface area contributed by atoms with Crippen molar-refractivity contribution < 1.29 is 9.59 Å². The van der Waals surface area contributed by atoms with E-state index in [4.69, 9.17) is 0 Å². The van der Waals surface area contributed by atoms with Gasteiger partial charge >= 0.3 is 0 Å². The largest absolute Gasteiger partial charge is 0.355 e. The van der Waals surface area contributed by atoms with E-state index in [2.05, 4.69) is 41.8 Å². The van der Waals surface area contributed by atoms with Gasteiger partial charge in [0.1, 0.15) is 0 Å². The maximum Gasteiger partial charge on any atom is 0.251 e. The number of thioether (sulfide) groups is 1. The average Bonchev–Trinajstić information content (AvgIpc) is 2.61. The molecule has 132 valence electrons. The summed E-state index contributed by atoms with van der Waals surface area (Å²) in [6, 6.07) is 17.1. The molecular formula is C20H24N2O2S. The predicted molar refractivity (Wildman–Crippen MR) is 103 cm³/mol. The van der Waals surface area contributed by atoms with Crippen LogP contribution in [0, 0.1) is 6.92 Å². The van der Waals surface area contributed by atoms with Gasteiger partial charge < -0.3 is 10.6 Å². The third-order valence-electron chi connectivity index (χ3n) is 3.62. The summed E-state index contributed by atoms with van der Waals surface area (Å²) in [7, 11) is 0. The van der Waals surface area contributed by atoms with Gasteiger partial charge in [-0.25, -0.2) is 0 Å². The Hall–Kier alpha value is -2.27. The van der Waals surface area contributed by atoms with Gasteiger partial charge in [0.2, 0.25) is 5.91 Å². The van der Waals surface area contributed by atoms with Crippen molar-refractivity contribution in [1.29, 1.82) is 0 Å². The van der Waals surface area contributed by atoms with Crippen molar-refractivity contribution in [2.24, 2.45) is 0 Å². The Kier molecular flexibility index (Phi) is 7.54. The maximum atomic E-state index is 12.0. The number of carbonyl (C=O) groups is 2. The summed E-state index contributed by atoms with van der Waals surface area (Å²) in [5.41, 5.74) is 1.84. The van der Waals surface area contributed by atoms with E-state index in [0.29, 0.717) is 12.1 Å². The number of hydrogen-bond donors (Lipinski definition) is 2. The van der Waals surface area contributed by atoms with Crippen LogP contribution in [-0.4, -0.2) is 30.2 Å². The highest BCUT2D eigenvalue weighted by Gasteiger charge is 2.12. The highest BCUT2D eigenvalue weighted by Crippen LogP contribution is 2.17. The number of aryl methyl sites for hydroxylation is 1. The highest BCUT2D eigenvalue weighted by atomic mass is 32.2. The fourth-order valence-electron chi connectivity index (χ4n) is 2.29. The molecular weight excluding hydrogens is 332 g/mol. The van der Waals surface area contributed by atoms with Crippen LogP contribution in [0.25, 0.3) is 0 Å². The molecule has 25 heavy (non-hydrogen) atoms. The van der Waals surface area contributed by atoms with Gasteiger partial charge in [0.15, 0.2) is 0 Å². The van der Waals surface area contributed by atoms with Gasteiger partial charge in [0, 0.05) is 35.2 Å². The molecule has 4 nitrogen and oxygen atoms in total. The maximum absolute atomic E-state index is 12.0. The van der Waals surface area contributed by atoms with Crippen molar-refractivity contribution in [3.05, 3.63) is 65.7 Å². The summed E-state index contributed by atoms with van der Waals surface area (Å²) < 4.78 is 0. The van der Waals surface area contributed by atoms with Gasteiger partial charge in [-0.3, -0.25) is 9.59 Å². The van der Waals surface area contributed by atoms with E-state index < -0.39 is 0 Å². The first-order valence-corrected chi connectivity index (χ1v) is 9.35. The quantitative estimate of drug-likeness (QED) is 0.563. The molecule has 1 atom stereocenters. The van der Waals surface area contributed by atoms with Crippen molar-refractivity contribution in [3.8, 4) is 0 Å². The molecule has 0 fully saturated rings. The summed E-state index contributed by atoms with van der Waals surface area (Å²) >= 11 is 1.71. The van der Waals surface area contributed by atoms with Gasteiger partial charge in [-0.1, -0.05) is 35.9 Å². The Morgan fingerprint density at radius 1 is 1.04 bits per heavy atom.